The van der Waals surface area contributed by atoms with Gasteiger partial charge in [-0.05, 0) is 6.42 Å². The molecule has 1 N–H and O–H groups in total. The van der Waals surface area contributed by atoms with Gasteiger partial charge in [-0.15, -0.1) is 0 Å². The molecule has 0 aromatic carbocycles. The van der Waals surface area contributed by atoms with Gasteiger partial charge in [0.25, 0.3) is 0 Å². The summed E-state index contributed by atoms with van der Waals surface area (Å²) >= 11 is -1.70. The van der Waals surface area contributed by atoms with Crippen LogP contribution in [0.15, 0.2) is 0 Å². The van der Waals surface area contributed by atoms with Crippen molar-refractivity contribution in [2.24, 2.45) is 0 Å². The SMILES string of the molecule is CCCCCC[CH]S(=O)O. The van der Waals surface area contributed by atoms with Crippen LogP contribution in [0, 0.1) is 5.75 Å². The summed E-state index contributed by atoms with van der Waals surface area (Å²) in [5.74, 6) is 1.44. The van der Waals surface area contributed by atoms with Crippen molar-refractivity contribution in [3.05, 3.63) is 5.75 Å². The smallest absolute Gasteiger partial charge is 0.157 e. The Morgan fingerprint density at radius 2 is 2.10 bits per heavy atom. The van der Waals surface area contributed by atoms with Gasteiger partial charge in [-0.3, -0.25) is 0 Å². The Bertz CT molecular complexity index is 93.6. The molecule has 1 atom stereocenters. The minimum absolute atomic E-state index is 0.767. The van der Waals surface area contributed by atoms with Crippen molar-refractivity contribution in [1.29, 1.82) is 0 Å². The van der Waals surface area contributed by atoms with E-state index in [1.807, 2.05) is 0 Å². The third-order valence-electron chi connectivity index (χ3n) is 1.32. The van der Waals surface area contributed by atoms with Crippen LogP contribution in [0.1, 0.15) is 39.0 Å². The van der Waals surface area contributed by atoms with Crippen LogP contribution in [0.5, 0.6) is 0 Å². The molecule has 0 saturated carbocycles. The molecule has 0 aromatic rings. The van der Waals surface area contributed by atoms with Crippen molar-refractivity contribution >= 4 is 11.1 Å². The predicted molar refractivity (Wildman–Crippen MR) is 43.8 cm³/mol. The van der Waals surface area contributed by atoms with Gasteiger partial charge in [-0.25, -0.2) is 4.21 Å². The number of hydrogen-bond donors (Lipinski definition) is 1. The van der Waals surface area contributed by atoms with Crippen molar-refractivity contribution in [2.45, 2.75) is 39.0 Å². The third-order valence-corrected chi connectivity index (χ3v) is 1.84. The van der Waals surface area contributed by atoms with E-state index in [0.29, 0.717) is 0 Å². The van der Waals surface area contributed by atoms with Crippen LogP contribution in [0.4, 0.5) is 0 Å². The zero-order chi connectivity index (χ0) is 7.82. The minimum atomic E-state index is -1.70. The summed E-state index contributed by atoms with van der Waals surface area (Å²) in [4.78, 5) is 0. The highest BCUT2D eigenvalue weighted by atomic mass is 32.2. The topological polar surface area (TPSA) is 37.3 Å². The van der Waals surface area contributed by atoms with Crippen molar-refractivity contribution in [3.8, 4) is 0 Å². The van der Waals surface area contributed by atoms with Gasteiger partial charge in [0.2, 0.25) is 0 Å². The lowest BCUT2D eigenvalue weighted by Crippen LogP contribution is -1.86. The minimum Gasteiger partial charge on any atom is -0.306 e. The lowest BCUT2D eigenvalue weighted by molar-refractivity contribution is 0.565. The molecule has 0 fully saturated rings. The average Bonchev–Trinajstić information content (AvgIpc) is 1.87. The van der Waals surface area contributed by atoms with Gasteiger partial charge in [-0.1, -0.05) is 32.6 Å². The largest absolute Gasteiger partial charge is 0.306 e. The second-order valence-corrected chi connectivity index (χ2v) is 3.18. The summed E-state index contributed by atoms with van der Waals surface area (Å²) in [5, 5.41) is 0. The van der Waals surface area contributed by atoms with E-state index in [1.165, 1.54) is 25.0 Å². The van der Waals surface area contributed by atoms with E-state index in [4.69, 9.17) is 4.55 Å². The molecular formula is C7H15O2S. The van der Waals surface area contributed by atoms with Crippen molar-refractivity contribution in [2.75, 3.05) is 0 Å². The molecule has 0 heterocycles. The number of unbranched alkanes of at least 4 members (excludes halogenated alkanes) is 4. The highest BCUT2D eigenvalue weighted by Gasteiger charge is 1.93. The summed E-state index contributed by atoms with van der Waals surface area (Å²) < 4.78 is 18.4. The van der Waals surface area contributed by atoms with E-state index in [9.17, 15) is 4.21 Å². The number of hydrogen-bond acceptors (Lipinski definition) is 1. The van der Waals surface area contributed by atoms with Crippen molar-refractivity contribution < 1.29 is 8.76 Å². The molecule has 61 valence electrons. The Morgan fingerprint density at radius 3 is 2.60 bits per heavy atom. The molecule has 2 nitrogen and oxygen atoms in total. The first-order chi connectivity index (χ1) is 4.77. The highest BCUT2D eigenvalue weighted by molar-refractivity contribution is 7.81. The summed E-state index contributed by atoms with van der Waals surface area (Å²) in [6.45, 7) is 2.15. The van der Waals surface area contributed by atoms with Gasteiger partial charge in [0.05, 0.1) is 5.75 Å². The molecule has 0 saturated heterocycles. The monoisotopic (exact) mass is 163 g/mol. The highest BCUT2D eigenvalue weighted by Crippen LogP contribution is 2.04. The molecule has 0 amide bonds. The first-order valence-corrected chi connectivity index (χ1v) is 4.87. The summed E-state index contributed by atoms with van der Waals surface area (Å²) in [7, 11) is 0. The standard InChI is InChI=1S/C7H15O2S/c1-2-3-4-5-6-7-10(8)9/h7H,2-6H2,1H3,(H,8,9). The van der Waals surface area contributed by atoms with Gasteiger partial charge in [-0.2, -0.15) is 0 Å². The average molecular weight is 163 g/mol. The molecule has 0 aliphatic carbocycles. The van der Waals surface area contributed by atoms with Gasteiger partial charge in [0, 0.05) is 0 Å². The fourth-order valence-electron chi connectivity index (χ4n) is 0.755. The molecule has 0 rings (SSSR count). The number of rotatable bonds is 6. The van der Waals surface area contributed by atoms with E-state index >= 15 is 0 Å². The molecule has 10 heavy (non-hydrogen) atoms. The Hall–Kier alpha value is 0.110. The van der Waals surface area contributed by atoms with E-state index in [0.717, 1.165) is 12.8 Å². The van der Waals surface area contributed by atoms with Crippen LogP contribution >= 0.6 is 0 Å². The van der Waals surface area contributed by atoms with Crippen LogP contribution in [-0.4, -0.2) is 8.76 Å². The van der Waals surface area contributed by atoms with Crippen LogP contribution in [-0.2, 0) is 11.1 Å². The van der Waals surface area contributed by atoms with Gasteiger partial charge < -0.3 is 4.55 Å². The van der Waals surface area contributed by atoms with Crippen LogP contribution in [0.3, 0.4) is 0 Å². The quantitative estimate of drug-likeness (QED) is 0.482. The maximum atomic E-state index is 10.1. The molecule has 0 aliphatic heterocycles. The fraction of sp³-hybridized carbons (Fsp3) is 0.857. The Balaban J connectivity index is 2.84. The van der Waals surface area contributed by atoms with Gasteiger partial charge in [0.15, 0.2) is 11.1 Å². The summed E-state index contributed by atoms with van der Waals surface area (Å²) in [5.41, 5.74) is 0. The van der Waals surface area contributed by atoms with Crippen LogP contribution < -0.4 is 0 Å². The van der Waals surface area contributed by atoms with E-state index in [2.05, 4.69) is 6.92 Å². The fourth-order valence-corrected chi connectivity index (χ4v) is 1.12. The molecule has 0 aromatic heterocycles. The van der Waals surface area contributed by atoms with Crippen LogP contribution in [0.25, 0.3) is 0 Å². The van der Waals surface area contributed by atoms with Crippen molar-refractivity contribution in [1.82, 2.24) is 0 Å². The molecular weight excluding hydrogens is 148 g/mol. The molecule has 1 unspecified atom stereocenters. The van der Waals surface area contributed by atoms with E-state index < -0.39 is 11.1 Å². The summed E-state index contributed by atoms with van der Waals surface area (Å²) in [6, 6.07) is 0. The maximum absolute atomic E-state index is 10.1. The lowest BCUT2D eigenvalue weighted by atomic mass is 10.2. The first-order valence-electron chi connectivity index (χ1n) is 3.70. The van der Waals surface area contributed by atoms with Gasteiger partial charge >= 0.3 is 0 Å². The molecule has 3 heteroatoms. The zero-order valence-electron chi connectivity index (χ0n) is 6.38. The Morgan fingerprint density at radius 1 is 1.40 bits per heavy atom. The van der Waals surface area contributed by atoms with Gasteiger partial charge in [0.1, 0.15) is 0 Å². The maximum Gasteiger partial charge on any atom is 0.157 e. The Labute approximate surface area is 65.3 Å². The normalized spacial score (nSPS) is 13.4. The lowest BCUT2D eigenvalue weighted by Gasteiger charge is -1.95. The van der Waals surface area contributed by atoms with E-state index in [1.54, 1.807) is 0 Å². The molecule has 0 spiro atoms. The Kier molecular flexibility index (Phi) is 7.30. The molecule has 0 aliphatic rings. The predicted octanol–water partition coefficient (Wildman–Crippen LogP) is 2.34. The van der Waals surface area contributed by atoms with E-state index in [-0.39, 0.29) is 0 Å². The second kappa shape index (κ2) is 7.22. The summed E-state index contributed by atoms with van der Waals surface area (Å²) in [6.07, 6.45) is 5.42. The van der Waals surface area contributed by atoms with Crippen LogP contribution in [0.2, 0.25) is 0 Å². The third kappa shape index (κ3) is 8.11. The zero-order valence-corrected chi connectivity index (χ0v) is 7.19. The molecule has 0 bridgehead atoms. The second-order valence-electron chi connectivity index (χ2n) is 2.29. The molecule has 1 radical (unpaired) electrons. The van der Waals surface area contributed by atoms with Crippen molar-refractivity contribution in [3.63, 3.8) is 0 Å². The first kappa shape index (κ1) is 10.1.